The van der Waals surface area contributed by atoms with Crippen molar-refractivity contribution < 1.29 is 8.42 Å². The molecule has 2 rings (SSSR count). The molecule has 0 aliphatic carbocycles. The molecule has 0 heterocycles. The molecule has 0 fully saturated rings. The monoisotopic (exact) mass is 274 g/mol. The van der Waals surface area contributed by atoms with Crippen LogP contribution in [-0.2, 0) is 9.84 Å². The summed E-state index contributed by atoms with van der Waals surface area (Å²) in [5, 5.41) is 0. The Kier molecular flexibility index (Phi) is 3.50. The number of rotatable bonds is 2. The second-order valence-electron chi connectivity index (χ2n) is 5.02. The molecular formula is C16H18O2S. The van der Waals surface area contributed by atoms with Crippen molar-refractivity contribution in [1.29, 1.82) is 0 Å². The molecule has 0 amide bonds. The first-order chi connectivity index (χ1) is 8.82. The van der Waals surface area contributed by atoms with Crippen LogP contribution in [0.1, 0.15) is 22.3 Å². The normalized spacial score (nSPS) is 11.6. The first kappa shape index (κ1) is 13.8. The molecule has 0 bridgehead atoms. The van der Waals surface area contributed by atoms with Gasteiger partial charge in [-0.2, -0.15) is 0 Å². The Bertz CT molecular complexity index is 728. The molecule has 0 unspecified atom stereocenters. The third-order valence-corrected chi connectivity index (χ3v) is 5.32. The van der Waals surface area contributed by atoms with Gasteiger partial charge >= 0.3 is 0 Å². The lowest BCUT2D eigenvalue weighted by atomic mass is 10.1. The quantitative estimate of drug-likeness (QED) is 0.835. The summed E-state index contributed by atoms with van der Waals surface area (Å²) in [6.07, 6.45) is 0. The highest BCUT2D eigenvalue weighted by atomic mass is 32.2. The summed E-state index contributed by atoms with van der Waals surface area (Å²) < 4.78 is 25.3. The van der Waals surface area contributed by atoms with Crippen LogP contribution < -0.4 is 0 Å². The molecule has 0 spiro atoms. The molecule has 2 nitrogen and oxygen atoms in total. The van der Waals surface area contributed by atoms with Gasteiger partial charge in [0.1, 0.15) is 0 Å². The zero-order valence-electron chi connectivity index (χ0n) is 11.7. The van der Waals surface area contributed by atoms with E-state index in [1.54, 1.807) is 18.2 Å². The molecule has 2 aromatic carbocycles. The Morgan fingerprint density at radius 1 is 0.737 bits per heavy atom. The van der Waals surface area contributed by atoms with E-state index in [0.717, 1.165) is 22.3 Å². The topological polar surface area (TPSA) is 34.1 Å². The van der Waals surface area contributed by atoms with Crippen LogP contribution in [0.3, 0.4) is 0 Å². The van der Waals surface area contributed by atoms with E-state index < -0.39 is 9.84 Å². The Labute approximate surface area is 115 Å². The van der Waals surface area contributed by atoms with E-state index in [1.165, 1.54) is 0 Å². The SMILES string of the molecule is Cc1ccc(S(=O)(=O)c2ccc(C)c(C)c2)c(C)c1. The average molecular weight is 274 g/mol. The van der Waals surface area contributed by atoms with Gasteiger partial charge in [-0.05, 0) is 62.6 Å². The summed E-state index contributed by atoms with van der Waals surface area (Å²) >= 11 is 0. The van der Waals surface area contributed by atoms with Crippen LogP contribution in [0.25, 0.3) is 0 Å². The van der Waals surface area contributed by atoms with Crippen LogP contribution in [0.2, 0.25) is 0 Å². The molecule has 100 valence electrons. The van der Waals surface area contributed by atoms with Gasteiger partial charge in [-0.15, -0.1) is 0 Å². The van der Waals surface area contributed by atoms with Gasteiger partial charge in [-0.3, -0.25) is 0 Å². The fraction of sp³-hybridized carbons (Fsp3) is 0.250. The number of sulfone groups is 1. The van der Waals surface area contributed by atoms with Gasteiger partial charge in [-0.1, -0.05) is 23.8 Å². The molecule has 2 aromatic rings. The maximum absolute atomic E-state index is 12.6. The van der Waals surface area contributed by atoms with Crippen molar-refractivity contribution in [2.24, 2.45) is 0 Å². The summed E-state index contributed by atoms with van der Waals surface area (Å²) in [6, 6.07) is 10.7. The Balaban J connectivity index is 2.62. The van der Waals surface area contributed by atoms with Crippen molar-refractivity contribution in [3.63, 3.8) is 0 Å². The van der Waals surface area contributed by atoms with E-state index >= 15 is 0 Å². The van der Waals surface area contributed by atoms with Crippen LogP contribution in [0.15, 0.2) is 46.2 Å². The van der Waals surface area contributed by atoms with E-state index in [0.29, 0.717) is 9.79 Å². The van der Waals surface area contributed by atoms with Crippen LogP contribution in [-0.4, -0.2) is 8.42 Å². The summed E-state index contributed by atoms with van der Waals surface area (Å²) in [5.41, 5.74) is 3.94. The fourth-order valence-electron chi connectivity index (χ4n) is 2.11. The second kappa shape index (κ2) is 4.82. The summed E-state index contributed by atoms with van der Waals surface area (Å²) in [4.78, 5) is 0.754. The van der Waals surface area contributed by atoms with Crippen LogP contribution >= 0.6 is 0 Å². The van der Waals surface area contributed by atoms with Gasteiger partial charge in [0.15, 0.2) is 0 Å². The van der Waals surface area contributed by atoms with Crippen molar-refractivity contribution in [3.05, 3.63) is 58.7 Å². The van der Waals surface area contributed by atoms with E-state index in [9.17, 15) is 8.42 Å². The molecule has 0 radical (unpaired) electrons. The van der Waals surface area contributed by atoms with E-state index in [1.807, 2.05) is 45.9 Å². The predicted molar refractivity (Wildman–Crippen MR) is 77.3 cm³/mol. The highest BCUT2D eigenvalue weighted by molar-refractivity contribution is 7.91. The fourth-order valence-corrected chi connectivity index (χ4v) is 3.67. The maximum Gasteiger partial charge on any atom is 0.206 e. The maximum atomic E-state index is 12.6. The highest BCUT2D eigenvalue weighted by Crippen LogP contribution is 2.25. The summed E-state index contributed by atoms with van der Waals surface area (Å²) in [7, 11) is -3.43. The Morgan fingerprint density at radius 3 is 2.00 bits per heavy atom. The second-order valence-corrected chi connectivity index (χ2v) is 6.94. The van der Waals surface area contributed by atoms with Gasteiger partial charge < -0.3 is 0 Å². The number of benzene rings is 2. The molecular weight excluding hydrogens is 256 g/mol. The van der Waals surface area contributed by atoms with Gasteiger partial charge in [0.05, 0.1) is 9.79 Å². The number of hydrogen-bond donors (Lipinski definition) is 0. The number of aryl methyl sites for hydroxylation is 4. The van der Waals surface area contributed by atoms with Crippen molar-refractivity contribution in [1.82, 2.24) is 0 Å². The van der Waals surface area contributed by atoms with Gasteiger partial charge in [0, 0.05) is 0 Å². The molecule has 0 aliphatic rings. The molecule has 0 saturated heterocycles. The van der Waals surface area contributed by atoms with E-state index in [4.69, 9.17) is 0 Å². The Morgan fingerprint density at radius 2 is 1.42 bits per heavy atom. The van der Waals surface area contributed by atoms with Gasteiger partial charge in [-0.25, -0.2) is 8.42 Å². The van der Waals surface area contributed by atoms with Crippen molar-refractivity contribution in [2.45, 2.75) is 37.5 Å². The Hall–Kier alpha value is -1.61. The smallest absolute Gasteiger partial charge is 0.206 e. The minimum Gasteiger partial charge on any atom is -0.219 e. The number of hydrogen-bond acceptors (Lipinski definition) is 2. The zero-order valence-corrected chi connectivity index (χ0v) is 12.5. The lowest BCUT2D eigenvalue weighted by Crippen LogP contribution is -2.05. The van der Waals surface area contributed by atoms with Crippen LogP contribution in [0.5, 0.6) is 0 Å². The first-order valence-electron chi connectivity index (χ1n) is 6.22. The van der Waals surface area contributed by atoms with Crippen LogP contribution in [0.4, 0.5) is 0 Å². The molecule has 0 aliphatic heterocycles. The molecule has 0 saturated carbocycles. The minimum atomic E-state index is -3.43. The van der Waals surface area contributed by atoms with E-state index in [2.05, 4.69) is 0 Å². The minimum absolute atomic E-state index is 0.363. The molecule has 0 atom stereocenters. The molecule has 19 heavy (non-hydrogen) atoms. The van der Waals surface area contributed by atoms with Crippen molar-refractivity contribution in [3.8, 4) is 0 Å². The summed E-state index contributed by atoms with van der Waals surface area (Å²) in [5.74, 6) is 0. The predicted octanol–water partition coefficient (Wildman–Crippen LogP) is 3.75. The van der Waals surface area contributed by atoms with E-state index in [-0.39, 0.29) is 0 Å². The largest absolute Gasteiger partial charge is 0.219 e. The highest BCUT2D eigenvalue weighted by Gasteiger charge is 2.20. The molecule has 3 heteroatoms. The van der Waals surface area contributed by atoms with Gasteiger partial charge in [0.2, 0.25) is 9.84 Å². The summed E-state index contributed by atoms with van der Waals surface area (Å²) in [6.45, 7) is 7.69. The lowest BCUT2D eigenvalue weighted by molar-refractivity contribution is 0.595. The standard InChI is InChI=1S/C16H18O2S/c1-11-5-8-16(14(4)9-11)19(17,18)15-7-6-12(2)13(3)10-15/h5-10H,1-4H3. The molecule has 0 N–H and O–H groups in total. The molecule has 0 aromatic heterocycles. The van der Waals surface area contributed by atoms with Gasteiger partial charge in [0.25, 0.3) is 0 Å². The van der Waals surface area contributed by atoms with Crippen molar-refractivity contribution >= 4 is 9.84 Å². The third kappa shape index (κ3) is 2.56. The average Bonchev–Trinajstić information content (AvgIpc) is 2.32. The zero-order chi connectivity index (χ0) is 14.2. The third-order valence-electron chi connectivity index (χ3n) is 3.41. The lowest BCUT2D eigenvalue weighted by Gasteiger charge is -2.10. The van der Waals surface area contributed by atoms with Crippen LogP contribution in [0, 0.1) is 27.7 Å². The first-order valence-corrected chi connectivity index (χ1v) is 7.70. The van der Waals surface area contributed by atoms with Crippen molar-refractivity contribution in [2.75, 3.05) is 0 Å².